The molecule has 0 saturated heterocycles. The Bertz CT molecular complexity index is 253. The van der Waals surface area contributed by atoms with Crippen LogP contribution in [0, 0.1) is 17.3 Å². The minimum atomic E-state index is -2.80. The highest BCUT2D eigenvalue weighted by Gasteiger charge is 2.42. The van der Waals surface area contributed by atoms with Crippen molar-refractivity contribution in [2.75, 3.05) is 0 Å². The van der Waals surface area contributed by atoms with Crippen molar-refractivity contribution in [2.45, 2.75) is 52.8 Å². The average Bonchev–Trinajstić information content (AvgIpc) is 1.97. The van der Waals surface area contributed by atoms with Crippen LogP contribution in [0.1, 0.15) is 51.0 Å². The van der Waals surface area contributed by atoms with E-state index in [-0.39, 0.29) is 17.8 Å². The highest BCUT2D eigenvalue weighted by molar-refractivity contribution is 4.87. The van der Waals surface area contributed by atoms with Crippen LogP contribution in [0.2, 0.25) is 0 Å². The van der Waals surface area contributed by atoms with Crippen LogP contribution in [-0.4, -0.2) is 5.92 Å². The van der Waals surface area contributed by atoms with Crippen LogP contribution in [0.5, 0.6) is 0 Å². The van der Waals surface area contributed by atoms with Crippen molar-refractivity contribution in [2.24, 2.45) is 17.3 Å². The van der Waals surface area contributed by atoms with Gasteiger partial charge in [0.25, 0.3) is 0 Å². The number of hydrogen-bond acceptors (Lipinski definition) is 0. The van der Waals surface area contributed by atoms with Gasteiger partial charge in [0.1, 0.15) is 0 Å². The molecule has 0 aliphatic heterocycles. The lowest BCUT2D eigenvalue weighted by Crippen LogP contribution is -2.37. The van der Waals surface area contributed by atoms with Crippen molar-refractivity contribution >= 4 is 0 Å². The Morgan fingerprint density at radius 2 is 2.00 bits per heavy atom. The van der Waals surface area contributed by atoms with E-state index in [2.05, 4.69) is 0 Å². The Morgan fingerprint density at radius 1 is 1.38 bits per heavy atom. The van der Waals surface area contributed by atoms with E-state index in [0.29, 0.717) is 6.42 Å². The van der Waals surface area contributed by atoms with Gasteiger partial charge in [0, 0.05) is 17.0 Å². The zero-order valence-electron chi connectivity index (χ0n) is 11.5. The zero-order chi connectivity index (χ0) is 12.8. The first-order chi connectivity index (χ1) is 6.93. The summed E-state index contributed by atoms with van der Waals surface area (Å²) < 4.78 is 48.8. The summed E-state index contributed by atoms with van der Waals surface area (Å²) >= 11 is 0. The van der Waals surface area contributed by atoms with E-state index in [9.17, 15) is 8.78 Å². The topological polar surface area (TPSA) is 0 Å². The Kier molecular flexibility index (Phi) is 1.78. The van der Waals surface area contributed by atoms with E-state index < -0.39 is 25.1 Å². The second kappa shape index (κ2) is 3.21. The summed E-state index contributed by atoms with van der Waals surface area (Å²) in [6, 6.07) is 0. The molecular formula is C11H20F2. The molecule has 1 rings (SSSR count). The maximum Gasteiger partial charge on any atom is 0.248 e. The van der Waals surface area contributed by atoms with Gasteiger partial charge >= 0.3 is 0 Å². The lowest BCUT2D eigenvalue weighted by atomic mass is 9.66. The predicted octanol–water partition coefficient (Wildman–Crippen LogP) is 4.10. The Morgan fingerprint density at radius 3 is 2.46 bits per heavy atom. The predicted molar refractivity (Wildman–Crippen MR) is 50.9 cm³/mol. The van der Waals surface area contributed by atoms with Gasteiger partial charge in [-0.1, -0.05) is 27.6 Å². The molecule has 1 saturated carbocycles. The lowest BCUT2D eigenvalue weighted by Gasteiger charge is -2.41. The van der Waals surface area contributed by atoms with Crippen LogP contribution in [0.4, 0.5) is 8.78 Å². The summed E-state index contributed by atoms with van der Waals surface area (Å²) in [6.07, 6.45) is -0.369. The third-order valence-corrected chi connectivity index (χ3v) is 2.94. The van der Waals surface area contributed by atoms with E-state index in [1.807, 2.05) is 20.8 Å². The van der Waals surface area contributed by atoms with Crippen molar-refractivity contribution in [3.8, 4) is 0 Å². The first-order valence-electron chi connectivity index (χ1n) is 6.31. The molecule has 0 radical (unpaired) electrons. The molecule has 1 aliphatic rings. The van der Waals surface area contributed by atoms with Crippen molar-refractivity contribution < 1.29 is 12.9 Å². The summed E-state index contributed by atoms with van der Waals surface area (Å²) in [6.45, 7) is 3.52. The van der Waals surface area contributed by atoms with Gasteiger partial charge in [-0.05, 0) is 23.7 Å². The molecule has 0 aromatic heterocycles. The van der Waals surface area contributed by atoms with Gasteiger partial charge in [0.05, 0.1) is 0 Å². The van der Waals surface area contributed by atoms with Crippen LogP contribution in [0.3, 0.4) is 0 Å². The molecule has 0 aromatic rings. The van der Waals surface area contributed by atoms with Crippen LogP contribution < -0.4 is 0 Å². The fraction of sp³-hybridized carbons (Fsp3) is 1.00. The molecule has 13 heavy (non-hydrogen) atoms. The fourth-order valence-electron chi connectivity index (χ4n) is 2.17. The van der Waals surface area contributed by atoms with Crippen LogP contribution in [0.25, 0.3) is 0 Å². The highest BCUT2D eigenvalue weighted by atomic mass is 19.3. The van der Waals surface area contributed by atoms with Crippen molar-refractivity contribution in [3.05, 3.63) is 0 Å². The lowest BCUT2D eigenvalue weighted by molar-refractivity contribution is -0.0820. The second-order valence-electron chi connectivity index (χ2n) is 5.18. The first-order valence-corrected chi connectivity index (χ1v) is 4.81. The van der Waals surface area contributed by atoms with Crippen LogP contribution >= 0.6 is 0 Å². The molecule has 1 fully saturated rings. The Labute approximate surface area is 83.9 Å². The summed E-state index contributed by atoms with van der Waals surface area (Å²) in [5, 5.41) is 0. The number of halogens is 2. The molecule has 0 nitrogen and oxygen atoms in total. The van der Waals surface area contributed by atoms with Gasteiger partial charge in [-0.25, -0.2) is 8.78 Å². The zero-order valence-corrected chi connectivity index (χ0v) is 8.53. The van der Waals surface area contributed by atoms with Gasteiger partial charge in [0.2, 0.25) is 5.92 Å². The van der Waals surface area contributed by atoms with Gasteiger partial charge in [0.15, 0.2) is 0 Å². The Hall–Kier alpha value is -0.140. The minimum absolute atomic E-state index is 0.153. The standard InChI is InChI=1S/C11H20F2/c1-8-7-11(12,13)6-5-9(8)10(2,3)4/h8-9H,5-7H2,1-4H3/i1D3. The monoisotopic (exact) mass is 193 g/mol. The van der Waals surface area contributed by atoms with E-state index in [1.165, 1.54) is 0 Å². The van der Waals surface area contributed by atoms with Crippen molar-refractivity contribution in [3.63, 3.8) is 0 Å². The third kappa shape index (κ3) is 2.65. The highest BCUT2D eigenvalue weighted by Crippen LogP contribution is 2.46. The van der Waals surface area contributed by atoms with Gasteiger partial charge < -0.3 is 0 Å². The molecule has 2 atom stereocenters. The maximum absolute atomic E-state index is 13.3. The molecule has 1 aliphatic carbocycles. The molecule has 78 valence electrons. The minimum Gasteiger partial charge on any atom is -0.207 e. The summed E-state index contributed by atoms with van der Waals surface area (Å²) in [7, 11) is 0. The molecule has 0 bridgehead atoms. The summed E-state index contributed by atoms with van der Waals surface area (Å²) in [5.41, 5.74) is -0.227. The van der Waals surface area contributed by atoms with E-state index in [0.717, 1.165) is 0 Å². The van der Waals surface area contributed by atoms with Crippen molar-refractivity contribution in [1.82, 2.24) is 0 Å². The van der Waals surface area contributed by atoms with E-state index in [4.69, 9.17) is 4.11 Å². The molecule has 0 N–H and O–H groups in total. The van der Waals surface area contributed by atoms with Gasteiger partial charge in [-0.3, -0.25) is 0 Å². The quantitative estimate of drug-likeness (QED) is 0.543. The van der Waals surface area contributed by atoms with Crippen molar-refractivity contribution in [1.29, 1.82) is 0 Å². The maximum atomic E-state index is 13.3. The van der Waals surface area contributed by atoms with Crippen LogP contribution in [-0.2, 0) is 0 Å². The second-order valence-corrected chi connectivity index (χ2v) is 5.18. The van der Waals surface area contributed by atoms with Gasteiger partial charge in [-0.15, -0.1) is 0 Å². The van der Waals surface area contributed by atoms with E-state index in [1.54, 1.807) is 0 Å². The molecule has 2 unspecified atom stereocenters. The third-order valence-electron chi connectivity index (χ3n) is 2.94. The summed E-state index contributed by atoms with van der Waals surface area (Å²) in [5.74, 6) is -3.84. The molecule has 0 spiro atoms. The first kappa shape index (κ1) is 7.19. The van der Waals surface area contributed by atoms with Gasteiger partial charge in [-0.2, -0.15) is 0 Å². The molecular weight excluding hydrogens is 170 g/mol. The Balaban J connectivity index is 2.94. The average molecular weight is 193 g/mol. The largest absolute Gasteiger partial charge is 0.248 e. The summed E-state index contributed by atoms with van der Waals surface area (Å²) in [4.78, 5) is 0. The molecule has 0 aromatic carbocycles. The molecule has 0 amide bonds. The smallest absolute Gasteiger partial charge is 0.207 e. The van der Waals surface area contributed by atoms with Crippen LogP contribution in [0.15, 0.2) is 0 Å². The van der Waals surface area contributed by atoms with E-state index >= 15 is 0 Å². The number of alkyl halides is 2. The number of rotatable bonds is 0. The fourth-order valence-corrected chi connectivity index (χ4v) is 2.17. The SMILES string of the molecule is [2H]C([2H])([2H])C1CC(F)(F)CCC1C(C)(C)C. The normalized spacial score (nSPS) is 39.0. The molecule has 2 heteroatoms. The molecule has 0 heterocycles. The number of hydrogen-bond donors (Lipinski definition) is 0.